The molecular weight excluding hydrogens is 306 g/mol. The molecule has 1 unspecified atom stereocenters. The number of ether oxygens (including phenoxy) is 1. The lowest BCUT2D eigenvalue weighted by Gasteiger charge is -2.20. The van der Waals surface area contributed by atoms with Crippen LogP contribution in [0.3, 0.4) is 0 Å². The van der Waals surface area contributed by atoms with E-state index >= 15 is 0 Å². The number of nitrogens with one attached hydrogen (secondary N) is 1. The second-order valence-electron chi connectivity index (χ2n) is 6.06. The van der Waals surface area contributed by atoms with Crippen LogP contribution in [0.25, 0.3) is 0 Å². The number of anilines is 1. The molecule has 2 aliphatic heterocycles. The molecule has 0 spiro atoms. The van der Waals surface area contributed by atoms with Crippen LogP contribution in [0.5, 0.6) is 5.88 Å². The van der Waals surface area contributed by atoms with Crippen LogP contribution in [-0.2, 0) is 4.79 Å². The highest BCUT2D eigenvalue weighted by Gasteiger charge is 2.29. The van der Waals surface area contributed by atoms with Gasteiger partial charge in [-0.25, -0.2) is 4.98 Å². The molecule has 6 heteroatoms. The average molecular weight is 323 g/mol. The van der Waals surface area contributed by atoms with Crippen molar-refractivity contribution in [1.82, 2.24) is 9.88 Å². The molecule has 1 N–H and O–H groups in total. The van der Waals surface area contributed by atoms with Crippen molar-refractivity contribution in [2.45, 2.75) is 12.3 Å². The number of rotatable bonds is 2. The van der Waals surface area contributed by atoms with Gasteiger partial charge in [-0.2, -0.15) is 0 Å². The van der Waals surface area contributed by atoms with E-state index in [9.17, 15) is 9.59 Å². The Morgan fingerprint density at radius 2 is 2.12 bits per heavy atom. The fourth-order valence-electron chi connectivity index (χ4n) is 3.22. The van der Waals surface area contributed by atoms with Gasteiger partial charge in [-0.1, -0.05) is 30.3 Å². The smallest absolute Gasteiger partial charge is 0.262 e. The lowest BCUT2D eigenvalue weighted by molar-refractivity contribution is -0.118. The van der Waals surface area contributed by atoms with Crippen molar-refractivity contribution in [1.29, 1.82) is 0 Å². The number of aromatic nitrogens is 1. The number of carbonyl (C=O) groups excluding carboxylic acids is 2. The van der Waals surface area contributed by atoms with Crippen LogP contribution >= 0.6 is 0 Å². The molecule has 1 aromatic carbocycles. The Hall–Kier alpha value is -2.89. The fourth-order valence-corrected chi connectivity index (χ4v) is 3.22. The molecule has 0 bridgehead atoms. The predicted molar refractivity (Wildman–Crippen MR) is 88.1 cm³/mol. The van der Waals surface area contributed by atoms with E-state index in [0.29, 0.717) is 29.6 Å². The van der Waals surface area contributed by atoms with Crippen LogP contribution in [-0.4, -0.2) is 41.4 Å². The number of amides is 2. The third kappa shape index (κ3) is 2.71. The van der Waals surface area contributed by atoms with E-state index in [0.717, 1.165) is 13.0 Å². The Morgan fingerprint density at radius 3 is 2.96 bits per heavy atom. The Kier molecular flexibility index (Phi) is 3.65. The number of fused-ring (bicyclic) bond motifs is 1. The predicted octanol–water partition coefficient (Wildman–Crippen LogP) is 2.04. The molecular formula is C18H17N3O3. The Bertz CT molecular complexity index is 791. The molecule has 1 atom stereocenters. The minimum absolute atomic E-state index is 0.0435. The van der Waals surface area contributed by atoms with Crippen LogP contribution in [0.15, 0.2) is 42.6 Å². The standard InChI is InChI=1S/C18H17N3O3/c22-16-11-24-17-15(20-16)8-14(9-19-17)18(23)21-7-6-13(10-21)12-4-2-1-3-5-12/h1-5,8-9,13H,6-7,10-11H2,(H,20,22). The zero-order valence-corrected chi connectivity index (χ0v) is 13.1. The summed E-state index contributed by atoms with van der Waals surface area (Å²) in [6.07, 6.45) is 2.46. The molecule has 1 fully saturated rings. The van der Waals surface area contributed by atoms with Gasteiger partial charge >= 0.3 is 0 Å². The van der Waals surface area contributed by atoms with Gasteiger partial charge in [-0.15, -0.1) is 0 Å². The Labute approximate surface area is 139 Å². The van der Waals surface area contributed by atoms with E-state index in [2.05, 4.69) is 22.4 Å². The molecule has 1 saturated heterocycles. The summed E-state index contributed by atoms with van der Waals surface area (Å²) in [5.41, 5.74) is 2.18. The zero-order chi connectivity index (χ0) is 16.5. The van der Waals surface area contributed by atoms with Crippen LogP contribution in [0.4, 0.5) is 5.69 Å². The number of likely N-dealkylation sites (tertiary alicyclic amines) is 1. The SMILES string of the molecule is O=C1COc2ncc(C(=O)N3CCC(c4ccccc4)C3)cc2N1. The Morgan fingerprint density at radius 1 is 1.29 bits per heavy atom. The fraction of sp³-hybridized carbons (Fsp3) is 0.278. The highest BCUT2D eigenvalue weighted by Crippen LogP contribution is 2.30. The first-order chi connectivity index (χ1) is 11.7. The molecule has 0 saturated carbocycles. The van der Waals surface area contributed by atoms with Gasteiger partial charge in [-0.05, 0) is 18.1 Å². The quantitative estimate of drug-likeness (QED) is 0.918. The summed E-state index contributed by atoms with van der Waals surface area (Å²) >= 11 is 0. The van der Waals surface area contributed by atoms with Gasteiger partial charge < -0.3 is 15.0 Å². The minimum Gasteiger partial charge on any atom is -0.466 e. The summed E-state index contributed by atoms with van der Waals surface area (Å²) in [7, 11) is 0. The summed E-state index contributed by atoms with van der Waals surface area (Å²) < 4.78 is 5.22. The summed E-state index contributed by atoms with van der Waals surface area (Å²) in [6.45, 7) is 1.37. The molecule has 2 aromatic rings. The van der Waals surface area contributed by atoms with Crippen molar-refractivity contribution in [3.63, 3.8) is 0 Å². The molecule has 3 heterocycles. The summed E-state index contributed by atoms with van der Waals surface area (Å²) in [5, 5.41) is 2.68. The van der Waals surface area contributed by atoms with Crippen LogP contribution in [0.1, 0.15) is 28.3 Å². The molecule has 24 heavy (non-hydrogen) atoms. The molecule has 0 aliphatic carbocycles. The van der Waals surface area contributed by atoms with Gasteiger partial charge in [0.05, 0.1) is 5.56 Å². The van der Waals surface area contributed by atoms with E-state index in [4.69, 9.17) is 4.74 Å². The highest BCUT2D eigenvalue weighted by atomic mass is 16.5. The average Bonchev–Trinajstić information content (AvgIpc) is 3.11. The first-order valence-corrected chi connectivity index (χ1v) is 7.97. The number of carbonyl (C=O) groups is 2. The van der Waals surface area contributed by atoms with Crippen LogP contribution < -0.4 is 10.1 Å². The lowest BCUT2D eigenvalue weighted by Crippen LogP contribution is -2.30. The van der Waals surface area contributed by atoms with Crippen molar-refractivity contribution in [2.75, 3.05) is 25.0 Å². The molecule has 122 valence electrons. The third-order valence-electron chi connectivity index (χ3n) is 4.46. The maximum atomic E-state index is 12.7. The van der Waals surface area contributed by atoms with Gasteiger partial charge in [0.15, 0.2) is 6.61 Å². The Balaban J connectivity index is 1.51. The summed E-state index contributed by atoms with van der Waals surface area (Å²) in [5.74, 6) is 0.418. The van der Waals surface area contributed by atoms with Crippen LogP contribution in [0, 0.1) is 0 Å². The van der Waals surface area contributed by atoms with Gasteiger partial charge in [-0.3, -0.25) is 9.59 Å². The van der Waals surface area contributed by atoms with Crippen molar-refractivity contribution < 1.29 is 14.3 Å². The number of hydrogen-bond acceptors (Lipinski definition) is 4. The number of pyridine rings is 1. The van der Waals surface area contributed by atoms with E-state index < -0.39 is 0 Å². The van der Waals surface area contributed by atoms with Gasteiger partial charge in [0.2, 0.25) is 5.88 Å². The maximum absolute atomic E-state index is 12.7. The third-order valence-corrected chi connectivity index (χ3v) is 4.46. The first-order valence-electron chi connectivity index (χ1n) is 7.97. The second-order valence-corrected chi connectivity index (χ2v) is 6.06. The topological polar surface area (TPSA) is 71.5 Å². The summed E-state index contributed by atoms with van der Waals surface area (Å²) in [4.78, 5) is 30.1. The zero-order valence-electron chi connectivity index (χ0n) is 13.1. The number of nitrogens with zero attached hydrogens (tertiary/aromatic N) is 2. The molecule has 0 radical (unpaired) electrons. The summed E-state index contributed by atoms with van der Waals surface area (Å²) in [6, 6.07) is 11.9. The van der Waals surface area contributed by atoms with Crippen LogP contribution in [0.2, 0.25) is 0 Å². The monoisotopic (exact) mass is 323 g/mol. The van der Waals surface area contributed by atoms with Crippen molar-refractivity contribution in [3.8, 4) is 5.88 Å². The molecule has 2 aliphatic rings. The number of benzene rings is 1. The largest absolute Gasteiger partial charge is 0.466 e. The number of hydrogen-bond donors (Lipinski definition) is 1. The highest BCUT2D eigenvalue weighted by molar-refractivity contribution is 5.99. The van der Waals surface area contributed by atoms with E-state index in [1.807, 2.05) is 23.1 Å². The molecule has 1 aromatic heterocycles. The molecule has 4 rings (SSSR count). The molecule has 6 nitrogen and oxygen atoms in total. The van der Waals surface area contributed by atoms with Gasteiger partial charge in [0.1, 0.15) is 5.69 Å². The van der Waals surface area contributed by atoms with E-state index in [-0.39, 0.29) is 18.4 Å². The van der Waals surface area contributed by atoms with Crippen molar-refractivity contribution >= 4 is 17.5 Å². The minimum atomic E-state index is -0.237. The van der Waals surface area contributed by atoms with E-state index in [1.165, 1.54) is 11.8 Å². The van der Waals surface area contributed by atoms with Crippen molar-refractivity contribution in [2.24, 2.45) is 0 Å². The maximum Gasteiger partial charge on any atom is 0.262 e. The van der Waals surface area contributed by atoms with Gasteiger partial charge in [0.25, 0.3) is 11.8 Å². The lowest BCUT2D eigenvalue weighted by atomic mass is 9.99. The van der Waals surface area contributed by atoms with Gasteiger partial charge in [0, 0.05) is 25.2 Å². The first kappa shape index (κ1) is 14.7. The molecule has 2 amide bonds. The normalized spacial score (nSPS) is 19.4. The van der Waals surface area contributed by atoms with E-state index in [1.54, 1.807) is 6.07 Å². The second kappa shape index (κ2) is 5.96. The van der Waals surface area contributed by atoms with Crippen molar-refractivity contribution in [3.05, 3.63) is 53.7 Å².